The van der Waals surface area contributed by atoms with E-state index < -0.39 is 11.4 Å². The highest BCUT2D eigenvalue weighted by molar-refractivity contribution is 5.81. The van der Waals surface area contributed by atoms with Crippen LogP contribution >= 0.6 is 0 Å². The molecule has 0 spiro atoms. The summed E-state index contributed by atoms with van der Waals surface area (Å²) in [6, 6.07) is 0.230. The summed E-state index contributed by atoms with van der Waals surface area (Å²) in [5.74, 6) is -0.535. The van der Waals surface area contributed by atoms with Gasteiger partial charge in [0.25, 0.3) is 0 Å². The number of rotatable bonds is 4. The first kappa shape index (κ1) is 16.3. The summed E-state index contributed by atoms with van der Waals surface area (Å²) >= 11 is 0. The van der Waals surface area contributed by atoms with Gasteiger partial charge in [0, 0.05) is 25.0 Å². The van der Waals surface area contributed by atoms with Gasteiger partial charge in [0.05, 0.1) is 5.41 Å². The van der Waals surface area contributed by atoms with Crippen LogP contribution in [-0.4, -0.2) is 41.0 Å². The highest BCUT2D eigenvalue weighted by Gasteiger charge is 2.43. The summed E-state index contributed by atoms with van der Waals surface area (Å²) in [5.41, 5.74) is 5.17. The zero-order valence-electron chi connectivity index (χ0n) is 13.0. The molecule has 1 saturated carbocycles. The number of carboxylic acids is 1. The van der Waals surface area contributed by atoms with Crippen molar-refractivity contribution in [2.24, 2.45) is 17.1 Å². The van der Waals surface area contributed by atoms with E-state index in [1.165, 1.54) is 0 Å². The summed E-state index contributed by atoms with van der Waals surface area (Å²) in [6.45, 7) is 3.10. The quantitative estimate of drug-likeness (QED) is 0.831. The van der Waals surface area contributed by atoms with Crippen molar-refractivity contribution in [3.8, 4) is 0 Å². The minimum absolute atomic E-state index is 0.0519. The second kappa shape index (κ2) is 6.77. The van der Waals surface area contributed by atoms with Crippen LogP contribution in [0.3, 0.4) is 0 Å². The Balaban J connectivity index is 2.02. The summed E-state index contributed by atoms with van der Waals surface area (Å²) in [5, 5.41) is 9.61. The van der Waals surface area contributed by atoms with Gasteiger partial charge < -0.3 is 15.7 Å². The number of hydrogen-bond donors (Lipinski definition) is 2. The van der Waals surface area contributed by atoms with Crippen molar-refractivity contribution in [3.05, 3.63) is 0 Å². The number of nitrogens with two attached hydrogens (primary N) is 1. The first-order valence-corrected chi connectivity index (χ1v) is 8.26. The molecule has 3 N–H and O–H groups in total. The Labute approximate surface area is 126 Å². The largest absolute Gasteiger partial charge is 0.481 e. The van der Waals surface area contributed by atoms with Crippen molar-refractivity contribution in [2.75, 3.05) is 13.1 Å². The van der Waals surface area contributed by atoms with Gasteiger partial charge in [-0.05, 0) is 44.9 Å². The predicted octanol–water partition coefficient (Wildman–Crippen LogP) is 2.00. The SMILES string of the molecule is CCCC1(C(=O)O)CCCN(C(=O)C2CCC(N)CC2)C1. The van der Waals surface area contributed by atoms with Gasteiger partial charge in [0.2, 0.25) is 5.91 Å². The fourth-order valence-corrected chi connectivity index (χ4v) is 3.91. The number of carbonyl (C=O) groups is 2. The molecule has 1 atom stereocenters. The van der Waals surface area contributed by atoms with Crippen LogP contribution in [0.15, 0.2) is 0 Å². The lowest BCUT2D eigenvalue weighted by atomic mass is 9.75. The van der Waals surface area contributed by atoms with Gasteiger partial charge in [-0.3, -0.25) is 9.59 Å². The lowest BCUT2D eigenvalue weighted by molar-refractivity contribution is -0.156. The molecular weight excluding hydrogens is 268 g/mol. The van der Waals surface area contributed by atoms with E-state index >= 15 is 0 Å². The van der Waals surface area contributed by atoms with Gasteiger partial charge in [-0.2, -0.15) is 0 Å². The van der Waals surface area contributed by atoms with Crippen LogP contribution in [0.2, 0.25) is 0 Å². The van der Waals surface area contributed by atoms with Gasteiger partial charge in [-0.25, -0.2) is 0 Å². The summed E-state index contributed by atoms with van der Waals surface area (Å²) < 4.78 is 0. The molecular formula is C16H28N2O3. The van der Waals surface area contributed by atoms with Crippen molar-refractivity contribution >= 4 is 11.9 Å². The lowest BCUT2D eigenvalue weighted by Gasteiger charge is -2.41. The molecule has 1 amide bonds. The van der Waals surface area contributed by atoms with Gasteiger partial charge in [0.1, 0.15) is 0 Å². The zero-order valence-corrected chi connectivity index (χ0v) is 13.0. The fourth-order valence-electron chi connectivity index (χ4n) is 3.91. The number of carbonyl (C=O) groups excluding carboxylic acids is 1. The van der Waals surface area contributed by atoms with Gasteiger partial charge in [0.15, 0.2) is 0 Å². The van der Waals surface area contributed by atoms with Crippen molar-refractivity contribution in [1.82, 2.24) is 4.90 Å². The van der Waals surface area contributed by atoms with Crippen LogP contribution < -0.4 is 5.73 Å². The van der Waals surface area contributed by atoms with Crippen LogP contribution in [0, 0.1) is 11.3 Å². The van der Waals surface area contributed by atoms with Crippen molar-refractivity contribution in [2.45, 2.75) is 64.3 Å². The van der Waals surface area contributed by atoms with Crippen molar-refractivity contribution in [1.29, 1.82) is 0 Å². The average Bonchev–Trinajstić information content (AvgIpc) is 2.48. The van der Waals surface area contributed by atoms with Gasteiger partial charge >= 0.3 is 5.97 Å². The zero-order chi connectivity index (χ0) is 15.5. The van der Waals surface area contributed by atoms with Crippen LogP contribution in [0.5, 0.6) is 0 Å². The first-order valence-electron chi connectivity index (χ1n) is 8.26. The molecule has 0 aromatic rings. The number of amides is 1. The molecule has 0 bridgehead atoms. The molecule has 1 aliphatic heterocycles. The summed E-state index contributed by atoms with van der Waals surface area (Å²) in [4.78, 5) is 26.2. The first-order chi connectivity index (χ1) is 9.98. The molecule has 1 saturated heterocycles. The Morgan fingerprint density at radius 1 is 1.29 bits per heavy atom. The van der Waals surface area contributed by atoms with Crippen LogP contribution in [-0.2, 0) is 9.59 Å². The molecule has 1 heterocycles. The standard InChI is InChI=1S/C16H28N2O3/c1-2-8-16(15(20)21)9-3-10-18(11-16)14(19)12-4-6-13(17)7-5-12/h12-13H,2-11,17H2,1H3,(H,20,21). The Bertz CT molecular complexity index is 387. The normalized spacial score (nSPS) is 33.7. The van der Waals surface area contributed by atoms with Crippen LogP contribution in [0.1, 0.15) is 58.3 Å². The molecule has 2 rings (SSSR count). The number of piperidine rings is 1. The average molecular weight is 296 g/mol. The van der Waals surface area contributed by atoms with Gasteiger partial charge in [-0.1, -0.05) is 13.3 Å². The Hall–Kier alpha value is -1.10. The van der Waals surface area contributed by atoms with Gasteiger partial charge in [-0.15, -0.1) is 0 Å². The molecule has 5 heteroatoms. The summed E-state index contributed by atoms with van der Waals surface area (Å²) in [6.07, 6.45) is 6.50. The molecule has 2 aliphatic rings. The van der Waals surface area contributed by atoms with Crippen LogP contribution in [0.25, 0.3) is 0 Å². The maximum Gasteiger partial charge on any atom is 0.311 e. The van der Waals surface area contributed by atoms with Crippen molar-refractivity contribution in [3.63, 3.8) is 0 Å². The van der Waals surface area contributed by atoms with E-state index in [0.29, 0.717) is 25.9 Å². The molecule has 1 aliphatic carbocycles. The maximum absolute atomic E-state index is 12.7. The minimum Gasteiger partial charge on any atom is -0.481 e. The third kappa shape index (κ3) is 3.57. The molecule has 21 heavy (non-hydrogen) atoms. The van der Waals surface area contributed by atoms with E-state index in [1.54, 1.807) is 0 Å². The molecule has 0 radical (unpaired) electrons. The topological polar surface area (TPSA) is 83.6 Å². The molecule has 0 aromatic heterocycles. The van der Waals surface area contributed by atoms with E-state index in [1.807, 2.05) is 11.8 Å². The van der Waals surface area contributed by atoms with E-state index in [9.17, 15) is 14.7 Å². The Kier molecular flexibility index (Phi) is 5.25. The second-order valence-corrected chi connectivity index (χ2v) is 6.81. The van der Waals surface area contributed by atoms with Crippen LogP contribution in [0.4, 0.5) is 0 Å². The van der Waals surface area contributed by atoms with E-state index in [2.05, 4.69) is 0 Å². The number of aliphatic carboxylic acids is 1. The predicted molar refractivity (Wildman–Crippen MR) is 80.7 cm³/mol. The maximum atomic E-state index is 12.7. The third-order valence-electron chi connectivity index (χ3n) is 5.19. The molecule has 2 fully saturated rings. The molecule has 0 aromatic carbocycles. The highest BCUT2D eigenvalue weighted by Crippen LogP contribution is 2.36. The smallest absolute Gasteiger partial charge is 0.311 e. The van der Waals surface area contributed by atoms with E-state index in [-0.39, 0.29) is 17.9 Å². The van der Waals surface area contributed by atoms with E-state index in [0.717, 1.165) is 38.5 Å². The summed E-state index contributed by atoms with van der Waals surface area (Å²) in [7, 11) is 0. The van der Waals surface area contributed by atoms with Crippen molar-refractivity contribution < 1.29 is 14.7 Å². The lowest BCUT2D eigenvalue weighted by Crippen LogP contribution is -2.51. The number of carboxylic acid groups (broad SMARTS) is 1. The number of likely N-dealkylation sites (tertiary alicyclic amines) is 1. The van der Waals surface area contributed by atoms with E-state index in [4.69, 9.17) is 5.73 Å². The highest BCUT2D eigenvalue weighted by atomic mass is 16.4. The fraction of sp³-hybridized carbons (Fsp3) is 0.875. The third-order valence-corrected chi connectivity index (χ3v) is 5.19. The second-order valence-electron chi connectivity index (χ2n) is 6.81. The molecule has 5 nitrogen and oxygen atoms in total. The number of nitrogens with zero attached hydrogens (tertiary/aromatic N) is 1. The Morgan fingerprint density at radius 2 is 1.95 bits per heavy atom. The molecule has 120 valence electrons. The Morgan fingerprint density at radius 3 is 2.52 bits per heavy atom. The molecule has 1 unspecified atom stereocenters. The monoisotopic (exact) mass is 296 g/mol. The number of hydrogen-bond acceptors (Lipinski definition) is 3. The minimum atomic E-state index is -0.743.